The van der Waals surface area contributed by atoms with Crippen LogP contribution in [0.15, 0.2) is 48.5 Å². The van der Waals surface area contributed by atoms with Crippen molar-refractivity contribution in [1.29, 1.82) is 0 Å². The molecule has 2 aromatic rings. The van der Waals surface area contributed by atoms with Crippen molar-refractivity contribution in [2.24, 2.45) is 0 Å². The predicted molar refractivity (Wildman–Crippen MR) is 96.7 cm³/mol. The van der Waals surface area contributed by atoms with Crippen LogP contribution in [0.5, 0.6) is 5.75 Å². The molecule has 0 aliphatic carbocycles. The van der Waals surface area contributed by atoms with Gasteiger partial charge in [0.05, 0.1) is 16.3 Å². The first-order valence-corrected chi connectivity index (χ1v) is 8.66. The molecule has 1 N–H and O–H groups in total. The predicted octanol–water partition coefficient (Wildman–Crippen LogP) is 5.65. The van der Waals surface area contributed by atoms with Crippen molar-refractivity contribution in [2.45, 2.75) is 18.8 Å². The van der Waals surface area contributed by atoms with Crippen LogP contribution in [0.1, 0.15) is 10.4 Å². The van der Waals surface area contributed by atoms with Crippen molar-refractivity contribution in [2.75, 3.05) is 4.90 Å². The number of halogens is 8. The molecule has 0 bridgehead atoms. The molecule has 6 nitrogen and oxygen atoms in total. The minimum absolute atomic E-state index is 0.00174. The normalized spacial score (nSPS) is 12.8. The third kappa shape index (κ3) is 6.39. The van der Waals surface area contributed by atoms with E-state index in [0.29, 0.717) is 4.90 Å². The Morgan fingerprint density at radius 2 is 1.58 bits per heavy atom. The number of amides is 3. The number of ether oxygens (including phenoxy) is 2. The Hall–Kier alpha value is -2.70. The van der Waals surface area contributed by atoms with E-state index in [1.165, 1.54) is 24.3 Å². The van der Waals surface area contributed by atoms with E-state index < -0.39 is 36.5 Å². The molecule has 3 amide bonds. The van der Waals surface area contributed by atoms with Gasteiger partial charge in [0.2, 0.25) is 0 Å². The number of hydrogen-bond acceptors (Lipinski definition) is 4. The number of rotatable bonds is 6. The zero-order chi connectivity index (χ0) is 23.4. The minimum atomic E-state index is -5.66. The quantitative estimate of drug-likeness (QED) is 0.419. The molecule has 0 aromatic heterocycles. The Morgan fingerprint density at radius 1 is 1.00 bits per heavy atom. The molecule has 168 valence electrons. The lowest BCUT2D eigenvalue weighted by molar-refractivity contribution is -0.411. The largest absolute Gasteiger partial charge is 0.525 e. The van der Waals surface area contributed by atoms with Gasteiger partial charge in [-0.2, -0.15) is 8.78 Å². The summed E-state index contributed by atoms with van der Waals surface area (Å²) < 4.78 is 82.4. The highest BCUT2D eigenvalue weighted by Crippen LogP contribution is 2.33. The van der Waals surface area contributed by atoms with Gasteiger partial charge >= 0.3 is 24.9 Å². The Kier molecular flexibility index (Phi) is 7.63. The Labute approximate surface area is 180 Å². The summed E-state index contributed by atoms with van der Waals surface area (Å²) >= 11 is 11.2. The van der Waals surface area contributed by atoms with E-state index in [4.69, 9.17) is 23.4 Å². The SMILES string of the molecule is O=C(NCl)N(C(=O)c1ccccc1Cl)c1ccc(OC(F)(F)C(F)OC(F)(F)F)cc1. The van der Waals surface area contributed by atoms with Gasteiger partial charge in [-0.05, 0) is 36.4 Å². The summed E-state index contributed by atoms with van der Waals surface area (Å²) in [4.78, 5) is 27.0. The molecular weight excluding hydrogens is 481 g/mol. The molecule has 0 saturated carbocycles. The molecule has 0 heterocycles. The number of benzene rings is 2. The van der Waals surface area contributed by atoms with Gasteiger partial charge in [0.25, 0.3) is 5.91 Å². The summed E-state index contributed by atoms with van der Waals surface area (Å²) in [7, 11) is 0. The molecule has 0 radical (unpaired) electrons. The molecule has 0 aliphatic heterocycles. The summed E-state index contributed by atoms with van der Waals surface area (Å²) in [5.74, 6) is -1.73. The number of carbonyl (C=O) groups is 2. The van der Waals surface area contributed by atoms with E-state index in [9.17, 15) is 35.9 Å². The van der Waals surface area contributed by atoms with Crippen molar-refractivity contribution < 1.29 is 45.4 Å². The van der Waals surface area contributed by atoms with Crippen molar-refractivity contribution in [3.05, 3.63) is 59.1 Å². The number of carbonyl (C=O) groups excluding carboxylic acids is 2. The Bertz CT molecular complexity index is 943. The van der Waals surface area contributed by atoms with Gasteiger partial charge in [-0.25, -0.2) is 23.7 Å². The van der Waals surface area contributed by atoms with Crippen LogP contribution in [0, 0.1) is 0 Å². The van der Waals surface area contributed by atoms with Gasteiger partial charge < -0.3 is 4.74 Å². The fraction of sp³-hybridized carbons (Fsp3) is 0.176. The van der Waals surface area contributed by atoms with Crippen LogP contribution < -0.4 is 14.5 Å². The highest BCUT2D eigenvalue weighted by Gasteiger charge is 2.50. The summed E-state index contributed by atoms with van der Waals surface area (Å²) in [6.07, 6.45) is -14.8. The van der Waals surface area contributed by atoms with Crippen molar-refractivity contribution >= 4 is 41.0 Å². The third-order valence-corrected chi connectivity index (χ3v) is 3.93. The molecule has 0 saturated heterocycles. The summed E-state index contributed by atoms with van der Waals surface area (Å²) in [6.45, 7) is 0. The lowest BCUT2D eigenvalue weighted by Crippen LogP contribution is -2.41. The highest BCUT2D eigenvalue weighted by molar-refractivity contribution is 6.36. The highest BCUT2D eigenvalue weighted by atomic mass is 35.5. The lowest BCUT2D eigenvalue weighted by Gasteiger charge is -2.23. The van der Waals surface area contributed by atoms with E-state index in [1.807, 2.05) is 0 Å². The number of imide groups is 1. The first-order chi connectivity index (χ1) is 14.4. The number of alkyl halides is 6. The average Bonchev–Trinajstić information content (AvgIpc) is 2.68. The lowest BCUT2D eigenvalue weighted by atomic mass is 10.2. The number of nitrogens with one attached hydrogen (secondary N) is 1. The Morgan fingerprint density at radius 3 is 2.10 bits per heavy atom. The standard InChI is InChI=1S/C17H10Cl2F6N2O4/c18-12-4-2-1-3-11(12)13(28)27(15(29)26-19)9-5-7-10(8-6-9)30-16(21,22)14(20)31-17(23,24)25/h1-8,14H,(H,26,29). The first-order valence-electron chi connectivity index (χ1n) is 7.91. The second kappa shape index (κ2) is 9.62. The fourth-order valence-electron chi connectivity index (χ4n) is 2.18. The number of hydrogen-bond donors (Lipinski definition) is 1. The molecule has 0 aliphatic rings. The van der Waals surface area contributed by atoms with Gasteiger partial charge in [-0.3, -0.25) is 4.79 Å². The molecule has 1 unspecified atom stereocenters. The summed E-state index contributed by atoms with van der Waals surface area (Å²) in [6, 6.07) is 7.88. The summed E-state index contributed by atoms with van der Waals surface area (Å²) in [5, 5.41) is -0.00174. The third-order valence-electron chi connectivity index (χ3n) is 3.44. The van der Waals surface area contributed by atoms with E-state index >= 15 is 0 Å². The van der Waals surface area contributed by atoms with Crippen LogP contribution in [0.3, 0.4) is 0 Å². The van der Waals surface area contributed by atoms with Crippen LogP contribution in [-0.2, 0) is 4.74 Å². The molecule has 0 spiro atoms. The maximum absolute atomic E-state index is 13.5. The van der Waals surface area contributed by atoms with Crippen molar-refractivity contribution in [3.63, 3.8) is 0 Å². The van der Waals surface area contributed by atoms with Gasteiger partial charge in [0.1, 0.15) is 5.75 Å². The van der Waals surface area contributed by atoms with Gasteiger partial charge in [0.15, 0.2) is 0 Å². The van der Waals surface area contributed by atoms with Crippen LogP contribution in [0.4, 0.5) is 36.8 Å². The molecule has 1 atom stereocenters. The molecule has 0 fully saturated rings. The number of nitrogens with zero attached hydrogens (tertiary/aromatic N) is 1. The number of anilines is 1. The van der Waals surface area contributed by atoms with E-state index in [0.717, 1.165) is 24.3 Å². The molecule has 14 heteroatoms. The molecule has 31 heavy (non-hydrogen) atoms. The molecule has 2 aromatic carbocycles. The van der Waals surface area contributed by atoms with Crippen molar-refractivity contribution in [1.82, 2.24) is 4.84 Å². The van der Waals surface area contributed by atoms with Crippen LogP contribution in [-0.4, -0.2) is 30.8 Å². The number of urea groups is 1. The minimum Gasteiger partial charge on any atom is -0.429 e. The van der Waals surface area contributed by atoms with Crippen LogP contribution >= 0.6 is 23.4 Å². The first kappa shape index (κ1) is 24.6. The van der Waals surface area contributed by atoms with E-state index in [-0.39, 0.29) is 16.3 Å². The fourth-order valence-corrected chi connectivity index (χ4v) is 2.48. The Balaban J connectivity index is 2.27. The smallest absolute Gasteiger partial charge is 0.429 e. The summed E-state index contributed by atoms with van der Waals surface area (Å²) in [5.41, 5.74) is -0.303. The van der Waals surface area contributed by atoms with Crippen LogP contribution in [0.2, 0.25) is 5.02 Å². The second-order valence-electron chi connectivity index (χ2n) is 5.56. The second-order valence-corrected chi connectivity index (χ2v) is 6.15. The van der Waals surface area contributed by atoms with Crippen LogP contribution in [0.25, 0.3) is 0 Å². The van der Waals surface area contributed by atoms with Crippen molar-refractivity contribution in [3.8, 4) is 5.75 Å². The van der Waals surface area contributed by atoms with E-state index in [1.54, 1.807) is 4.84 Å². The average molecular weight is 491 g/mol. The topological polar surface area (TPSA) is 67.9 Å². The van der Waals surface area contributed by atoms with E-state index in [2.05, 4.69) is 9.47 Å². The molecule has 2 rings (SSSR count). The maximum Gasteiger partial charge on any atom is 0.525 e. The molecular formula is C17H10Cl2F6N2O4. The zero-order valence-corrected chi connectivity index (χ0v) is 16.3. The maximum atomic E-state index is 13.5. The zero-order valence-electron chi connectivity index (χ0n) is 14.8. The monoisotopic (exact) mass is 490 g/mol. The van der Waals surface area contributed by atoms with Gasteiger partial charge in [-0.1, -0.05) is 23.7 Å². The van der Waals surface area contributed by atoms with Gasteiger partial charge in [0, 0.05) is 11.8 Å². The van der Waals surface area contributed by atoms with Gasteiger partial charge in [-0.15, -0.1) is 13.2 Å².